The standard InChI is InChI=1S/C20H15Cl3N2O2S2/c21-14-5-2-1-4-12(14)10-17-19(27)25(20(28)29-17)9-3-6-18(26)24-13-7-8-15(22)16(23)11-13/h1-2,4-5,7-8,10-11H,3,6,9H2,(H,24,26). The first-order valence-electron chi connectivity index (χ1n) is 8.60. The van der Waals surface area contributed by atoms with E-state index in [9.17, 15) is 9.59 Å². The molecule has 0 saturated carbocycles. The maximum Gasteiger partial charge on any atom is 0.266 e. The fraction of sp³-hybridized carbons (Fsp3) is 0.150. The smallest absolute Gasteiger partial charge is 0.266 e. The molecule has 0 bridgehead atoms. The second-order valence-electron chi connectivity index (χ2n) is 6.14. The van der Waals surface area contributed by atoms with E-state index < -0.39 is 0 Å². The number of rotatable bonds is 6. The zero-order chi connectivity index (χ0) is 21.0. The molecule has 1 aliphatic heterocycles. The third-order valence-electron chi connectivity index (χ3n) is 4.05. The Balaban J connectivity index is 1.54. The molecule has 2 aromatic carbocycles. The summed E-state index contributed by atoms with van der Waals surface area (Å²) >= 11 is 24.5. The van der Waals surface area contributed by atoms with Crippen molar-refractivity contribution in [2.45, 2.75) is 12.8 Å². The van der Waals surface area contributed by atoms with Crippen molar-refractivity contribution in [1.29, 1.82) is 0 Å². The zero-order valence-electron chi connectivity index (χ0n) is 15.0. The minimum atomic E-state index is -0.180. The number of carbonyl (C=O) groups excluding carboxylic acids is 2. The Morgan fingerprint density at radius 2 is 1.86 bits per heavy atom. The average Bonchev–Trinajstić information content (AvgIpc) is 2.94. The number of anilines is 1. The lowest BCUT2D eigenvalue weighted by Crippen LogP contribution is -2.29. The van der Waals surface area contributed by atoms with Crippen LogP contribution in [0.5, 0.6) is 0 Å². The summed E-state index contributed by atoms with van der Waals surface area (Å²) in [5, 5.41) is 4.11. The van der Waals surface area contributed by atoms with Gasteiger partial charge in [0.1, 0.15) is 4.32 Å². The first kappa shape index (κ1) is 22.1. The number of hydrogen-bond donors (Lipinski definition) is 1. The van der Waals surface area contributed by atoms with Crippen molar-refractivity contribution in [3.05, 3.63) is 68.0 Å². The summed E-state index contributed by atoms with van der Waals surface area (Å²) < 4.78 is 0.471. The van der Waals surface area contributed by atoms with E-state index in [0.29, 0.717) is 42.9 Å². The van der Waals surface area contributed by atoms with Crippen LogP contribution in [0.2, 0.25) is 15.1 Å². The Hall–Kier alpha value is -1.57. The second-order valence-corrected chi connectivity index (χ2v) is 9.03. The Kier molecular flexibility index (Phi) is 7.60. The molecule has 0 atom stereocenters. The van der Waals surface area contributed by atoms with Gasteiger partial charge in [-0.25, -0.2) is 0 Å². The summed E-state index contributed by atoms with van der Waals surface area (Å²) in [5.41, 5.74) is 1.33. The third-order valence-corrected chi connectivity index (χ3v) is 6.52. The van der Waals surface area contributed by atoms with Crippen molar-refractivity contribution in [1.82, 2.24) is 4.90 Å². The van der Waals surface area contributed by atoms with Gasteiger partial charge in [0.2, 0.25) is 5.91 Å². The molecule has 0 unspecified atom stereocenters. The molecule has 4 nitrogen and oxygen atoms in total. The van der Waals surface area contributed by atoms with E-state index in [1.54, 1.807) is 30.3 Å². The van der Waals surface area contributed by atoms with Crippen LogP contribution in [0.1, 0.15) is 18.4 Å². The molecule has 1 aliphatic rings. The molecule has 29 heavy (non-hydrogen) atoms. The van der Waals surface area contributed by atoms with Crippen LogP contribution in [0.15, 0.2) is 47.4 Å². The van der Waals surface area contributed by atoms with Gasteiger partial charge in [-0.1, -0.05) is 77.0 Å². The molecule has 1 N–H and O–H groups in total. The zero-order valence-corrected chi connectivity index (χ0v) is 18.9. The van der Waals surface area contributed by atoms with Crippen LogP contribution in [0.25, 0.3) is 6.08 Å². The van der Waals surface area contributed by atoms with Crippen LogP contribution in [0, 0.1) is 0 Å². The number of thiocarbonyl (C=S) groups is 1. The normalized spacial score (nSPS) is 15.3. The number of hydrogen-bond acceptors (Lipinski definition) is 4. The van der Waals surface area contributed by atoms with Crippen molar-refractivity contribution in [3.8, 4) is 0 Å². The molecule has 0 aliphatic carbocycles. The summed E-state index contributed by atoms with van der Waals surface area (Å²) in [7, 11) is 0. The molecule has 0 radical (unpaired) electrons. The van der Waals surface area contributed by atoms with Crippen LogP contribution >= 0.6 is 58.8 Å². The Labute approximate surface area is 193 Å². The molecule has 3 rings (SSSR count). The van der Waals surface area contributed by atoms with Gasteiger partial charge in [-0.2, -0.15) is 0 Å². The highest BCUT2D eigenvalue weighted by Crippen LogP contribution is 2.34. The van der Waals surface area contributed by atoms with Gasteiger partial charge in [0.15, 0.2) is 0 Å². The maximum atomic E-state index is 12.6. The summed E-state index contributed by atoms with van der Waals surface area (Å²) in [6.45, 7) is 0.360. The highest BCUT2D eigenvalue weighted by atomic mass is 35.5. The predicted octanol–water partition coefficient (Wildman–Crippen LogP) is 6.27. The molecule has 2 amide bonds. The average molecular weight is 486 g/mol. The van der Waals surface area contributed by atoms with Gasteiger partial charge in [0, 0.05) is 23.7 Å². The monoisotopic (exact) mass is 484 g/mol. The molecule has 0 aromatic heterocycles. The quantitative estimate of drug-likeness (QED) is 0.387. The molecule has 1 fully saturated rings. The van der Waals surface area contributed by atoms with Crippen molar-refractivity contribution in [3.63, 3.8) is 0 Å². The van der Waals surface area contributed by atoms with E-state index in [-0.39, 0.29) is 18.2 Å². The van der Waals surface area contributed by atoms with Crippen molar-refractivity contribution in [2.75, 3.05) is 11.9 Å². The molecular weight excluding hydrogens is 471 g/mol. The SMILES string of the molecule is O=C(CCCN1C(=O)C(=Cc2ccccc2Cl)SC1=S)Nc1ccc(Cl)c(Cl)c1. The van der Waals surface area contributed by atoms with Gasteiger partial charge >= 0.3 is 0 Å². The number of amides is 2. The summed E-state index contributed by atoms with van der Waals surface area (Å²) in [6.07, 6.45) is 2.44. The number of halogens is 3. The molecular formula is C20H15Cl3N2O2S2. The molecule has 2 aromatic rings. The predicted molar refractivity (Wildman–Crippen MR) is 126 cm³/mol. The van der Waals surface area contributed by atoms with Gasteiger partial charge in [-0.05, 0) is 42.3 Å². The lowest BCUT2D eigenvalue weighted by molar-refractivity contribution is -0.122. The van der Waals surface area contributed by atoms with Gasteiger partial charge in [-0.3, -0.25) is 14.5 Å². The van der Waals surface area contributed by atoms with E-state index in [2.05, 4.69) is 5.32 Å². The van der Waals surface area contributed by atoms with E-state index in [1.165, 1.54) is 16.7 Å². The summed E-state index contributed by atoms with van der Waals surface area (Å²) in [6, 6.07) is 12.2. The molecule has 150 valence electrons. The van der Waals surface area contributed by atoms with Crippen LogP contribution in [-0.2, 0) is 9.59 Å². The maximum absolute atomic E-state index is 12.6. The number of nitrogens with zero attached hydrogens (tertiary/aromatic N) is 1. The Bertz CT molecular complexity index is 1010. The van der Waals surface area contributed by atoms with Crippen LogP contribution in [-0.4, -0.2) is 27.6 Å². The number of carbonyl (C=O) groups is 2. The lowest BCUT2D eigenvalue weighted by atomic mass is 10.2. The molecule has 9 heteroatoms. The highest BCUT2D eigenvalue weighted by Gasteiger charge is 2.31. The minimum Gasteiger partial charge on any atom is -0.326 e. The molecule has 1 saturated heterocycles. The lowest BCUT2D eigenvalue weighted by Gasteiger charge is -2.14. The highest BCUT2D eigenvalue weighted by molar-refractivity contribution is 8.26. The van der Waals surface area contributed by atoms with E-state index in [4.69, 9.17) is 47.0 Å². The van der Waals surface area contributed by atoms with Crippen LogP contribution in [0.4, 0.5) is 5.69 Å². The Morgan fingerprint density at radius 3 is 2.59 bits per heavy atom. The van der Waals surface area contributed by atoms with Gasteiger partial charge < -0.3 is 5.32 Å². The topological polar surface area (TPSA) is 49.4 Å². The van der Waals surface area contributed by atoms with Gasteiger partial charge in [0.05, 0.1) is 15.0 Å². The van der Waals surface area contributed by atoms with E-state index >= 15 is 0 Å². The summed E-state index contributed by atoms with van der Waals surface area (Å²) in [5.74, 6) is -0.356. The van der Waals surface area contributed by atoms with Crippen LogP contribution in [0.3, 0.4) is 0 Å². The van der Waals surface area contributed by atoms with Gasteiger partial charge in [-0.15, -0.1) is 0 Å². The molecule has 1 heterocycles. The number of thioether (sulfide) groups is 1. The van der Waals surface area contributed by atoms with Crippen molar-refractivity contribution < 1.29 is 9.59 Å². The van der Waals surface area contributed by atoms with E-state index in [0.717, 1.165) is 5.56 Å². The Morgan fingerprint density at radius 1 is 1.10 bits per heavy atom. The number of nitrogens with one attached hydrogen (secondary N) is 1. The van der Waals surface area contributed by atoms with Crippen LogP contribution < -0.4 is 5.32 Å². The largest absolute Gasteiger partial charge is 0.326 e. The summed E-state index contributed by atoms with van der Waals surface area (Å²) in [4.78, 5) is 26.8. The number of benzene rings is 2. The second kappa shape index (κ2) is 9.96. The fourth-order valence-corrected chi connectivity index (χ4v) is 4.41. The van der Waals surface area contributed by atoms with Gasteiger partial charge in [0.25, 0.3) is 5.91 Å². The minimum absolute atomic E-state index is 0.176. The first-order chi connectivity index (χ1) is 13.8. The first-order valence-corrected chi connectivity index (χ1v) is 11.0. The van der Waals surface area contributed by atoms with Crippen molar-refractivity contribution >= 4 is 86.7 Å². The third kappa shape index (κ3) is 5.74. The molecule has 0 spiro atoms. The fourth-order valence-electron chi connectivity index (χ4n) is 2.62. The van der Waals surface area contributed by atoms with Crippen molar-refractivity contribution in [2.24, 2.45) is 0 Å². The van der Waals surface area contributed by atoms with E-state index in [1.807, 2.05) is 18.2 Å².